The van der Waals surface area contributed by atoms with Gasteiger partial charge in [-0.05, 0) is 30.5 Å². The van der Waals surface area contributed by atoms with E-state index in [2.05, 4.69) is 12.2 Å². The molecule has 0 saturated heterocycles. The molecule has 134 valence electrons. The molecule has 2 N–H and O–H groups in total. The number of anilines is 1. The molecule has 0 fully saturated rings. The third kappa shape index (κ3) is 4.45. The van der Waals surface area contributed by atoms with Gasteiger partial charge in [-0.1, -0.05) is 51.4 Å². The maximum Gasteiger partial charge on any atom is 0.227 e. The molecule has 5 heteroatoms. The molecule has 0 saturated carbocycles. The number of carbonyl (C=O) groups is 1. The summed E-state index contributed by atoms with van der Waals surface area (Å²) in [5.41, 5.74) is 2.17. The third-order valence-corrected chi connectivity index (χ3v) is 4.40. The van der Waals surface area contributed by atoms with Crippen LogP contribution in [0.3, 0.4) is 0 Å². The van der Waals surface area contributed by atoms with E-state index in [1.54, 1.807) is 19.9 Å². The summed E-state index contributed by atoms with van der Waals surface area (Å²) < 4.78 is 5.97. The van der Waals surface area contributed by atoms with Gasteiger partial charge >= 0.3 is 0 Å². The normalized spacial score (nSPS) is 10.8. The van der Waals surface area contributed by atoms with Crippen LogP contribution in [-0.4, -0.2) is 11.0 Å². The number of aryl methyl sites for hydroxylation is 1. The van der Waals surface area contributed by atoms with E-state index < -0.39 is 0 Å². The van der Waals surface area contributed by atoms with Crippen molar-refractivity contribution in [3.8, 4) is 17.2 Å². The number of phenolic OH excluding ortho intramolecular Hbond substituents is 1. The minimum atomic E-state index is -0.213. The van der Waals surface area contributed by atoms with Crippen molar-refractivity contribution >= 4 is 23.2 Å². The van der Waals surface area contributed by atoms with Crippen molar-refractivity contribution in [1.29, 1.82) is 0 Å². The van der Waals surface area contributed by atoms with E-state index in [9.17, 15) is 9.90 Å². The summed E-state index contributed by atoms with van der Waals surface area (Å²) in [6, 6.07) is 9.42. The maximum absolute atomic E-state index is 12.0. The van der Waals surface area contributed by atoms with Gasteiger partial charge in [-0.2, -0.15) is 0 Å². The second-order valence-electron chi connectivity index (χ2n) is 6.16. The number of halogens is 1. The van der Waals surface area contributed by atoms with Gasteiger partial charge in [0.2, 0.25) is 5.91 Å². The molecule has 2 aromatic rings. The molecule has 0 unspecified atom stereocenters. The lowest BCUT2D eigenvalue weighted by Crippen LogP contribution is -2.18. The molecule has 2 aromatic carbocycles. The molecule has 25 heavy (non-hydrogen) atoms. The van der Waals surface area contributed by atoms with Gasteiger partial charge in [0.05, 0.1) is 10.7 Å². The number of amides is 1. The monoisotopic (exact) mass is 361 g/mol. The first-order chi connectivity index (χ1) is 11.9. The van der Waals surface area contributed by atoms with Crippen molar-refractivity contribution < 1.29 is 14.6 Å². The van der Waals surface area contributed by atoms with Crippen molar-refractivity contribution in [2.24, 2.45) is 5.92 Å². The summed E-state index contributed by atoms with van der Waals surface area (Å²) in [6.45, 7) is 7.58. The number of hydrogen-bond donors (Lipinski definition) is 2. The molecule has 1 amide bonds. The summed E-state index contributed by atoms with van der Waals surface area (Å²) in [5.74, 6) is 0.647. The van der Waals surface area contributed by atoms with E-state index in [0.29, 0.717) is 23.5 Å². The first-order valence-corrected chi connectivity index (χ1v) is 8.87. The Bertz CT molecular complexity index is 755. The number of rotatable bonds is 6. The van der Waals surface area contributed by atoms with E-state index in [1.165, 1.54) is 5.56 Å². The van der Waals surface area contributed by atoms with E-state index in [0.717, 1.165) is 6.42 Å². The Morgan fingerprint density at radius 2 is 1.84 bits per heavy atom. The van der Waals surface area contributed by atoms with Crippen LogP contribution in [0.2, 0.25) is 5.02 Å². The van der Waals surface area contributed by atoms with E-state index in [1.807, 2.05) is 31.2 Å². The Hall–Kier alpha value is -2.20. The number of benzene rings is 2. The zero-order valence-corrected chi connectivity index (χ0v) is 15.8. The SMILES string of the molecule is CCc1ccc(Oc2cc(NC(=O)C(C)C)c(O)c(Cl)c2CC)cc1. The maximum atomic E-state index is 12.0. The van der Waals surface area contributed by atoms with Gasteiger partial charge < -0.3 is 15.2 Å². The minimum Gasteiger partial charge on any atom is -0.504 e. The molecule has 0 aliphatic carbocycles. The lowest BCUT2D eigenvalue weighted by Gasteiger charge is -2.17. The zero-order valence-electron chi connectivity index (χ0n) is 15.0. The Balaban J connectivity index is 2.40. The van der Waals surface area contributed by atoms with Gasteiger partial charge in [0.25, 0.3) is 0 Å². The highest BCUT2D eigenvalue weighted by molar-refractivity contribution is 6.33. The highest BCUT2D eigenvalue weighted by atomic mass is 35.5. The van der Waals surface area contributed by atoms with Crippen LogP contribution in [0, 0.1) is 5.92 Å². The van der Waals surface area contributed by atoms with Crippen LogP contribution in [0.1, 0.15) is 38.8 Å². The highest BCUT2D eigenvalue weighted by Crippen LogP contribution is 2.42. The largest absolute Gasteiger partial charge is 0.504 e. The number of nitrogens with one attached hydrogen (secondary N) is 1. The molecule has 0 aliphatic heterocycles. The lowest BCUT2D eigenvalue weighted by atomic mass is 10.1. The van der Waals surface area contributed by atoms with Crippen molar-refractivity contribution in [2.75, 3.05) is 5.32 Å². The number of ether oxygens (including phenoxy) is 1. The quantitative estimate of drug-likeness (QED) is 0.662. The average Bonchev–Trinajstić information content (AvgIpc) is 2.60. The van der Waals surface area contributed by atoms with Gasteiger partial charge in [0.1, 0.15) is 11.5 Å². The summed E-state index contributed by atoms with van der Waals surface area (Å²) in [5, 5.41) is 13.2. The molecule has 4 nitrogen and oxygen atoms in total. The van der Waals surface area contributed by atoms with E-state index in [-0.39, 0.29) is 28.3 Å². The Labute approximate surface area is 153 Å². The summed E-state index contributed by atoms with van der Waals surface area (Å²) >= 11 is 6.30. The predicted octanol–water partition coefficient (Wildman–Crippen LogP) is 5.56. The predicted molar refractivity (Wildman–Crippen MR) is 102 cm³/mol. The molecule has 0 spiro atoms. The van der Waals surface area contributed by atoms with Crippen LogP contribution < -0.4 is 10.1 Å². The lowest BCUT2D eigenvalue weighted by molar-refractivity contribution is -0.118. The van der Waals surface area contributed by atoms with Crippen molar-refractivity contribution in [3.63, 3.8) is 0 Å². The zero-order chi connectivity index (χ0) is 18.6. The fraction of sp³-hybridized carbons (Fsp3) is 0.350. The molecule has 0 radical (unpaired) electrons. The van der Waals surface area contributed by atoms with Crippen LogP contribution in [0.25, 0.3) is 0 Å². The van der Waals surface area contributed by atoms with Gasteiger partial charge in [0.15, 0.2) is 5.75 Å². The second-order valence-corrected chi connectivity index (χ2v) is 6.54. The van der Waals surface area contributed by atoms with Gasteiger partial charge in [-0.15, -0.1) is 0 Å². The summed E-state index contributed by atoms with van der Waals surface area (Å²) in [7, 11) is 0. The molecule has 0 atom stereocenters. The Kier molecular flexibility index (Phi) is 6.32. The molecule has 0 aliphatic rings. The van der Waals surface area contributed by atoms with Gasteiger partial charge in [-0.3, -0.25) is 4.79 Å². The first-order valence-electron chi connectivity index (χ1n) is 8.49. The van der Waals surface area contributed by atoms with Crippen LogP contribution in [-0.2, 0) is 17.6 Å². The van der Waals surface area contributed by atoms with Crippen LogP contribution in [0.5, 0.6) is 17.2 Å². The summed E-state index contributed by atoms with van der Waals surface area (Å²) in [6.07, 6.45) is 1.55. The Morgan fingerprint density at radius 1 is 1.20 bits per heavy atom. The van der Waals surface area contributed by atoms with Crippen molar-refractivity contribution in [2.45, 2.75) is 40.5 Å². The Morgan fingerprint density at radius 3 is 2.36 bits per heavy atom. The number of carbonyl (C=O) groups excluding carboxylic acids is 1. The topological polar surface area (TPSA) is 58.6 Å². The van der Waals surface area contributed by atoms with Crippen molar-refractivity contribution in [3.05, 3.63) is 46.5 Å². The number of hydrogen-bond acceptors (Lipinski definition) is 3. The molecular formula is C20H24ClNO3. The fourth-order valence-electron chi connectivity index (χ4n) is 2.37. The molecule has 0 aromatic heterocycles. The molecular weight excluding hydrogens is 338 g/mol. The molecule has 0 heterocycles. The van der Waals surface area contributed by atoms with E-state index >= 15 is 0 Å². The standard InChI is InChI=1S/C20H24ClNO3/c1-5-13-7-9-14(10-8-13)25-17-11-16(22-20(24)12(3)4)19(23)18(21)15(17)6-2/h7-12,23H,5-6H2,1-4H3,(H,22,24). The average molecular weight is 362 g/mol. The number of phenols is 1. The smallest absolute Gasteiger partial charge is 0.227 e. The molecule has 0 bridgehead atoms. The van der Waals surface area contributed by atoms with Gasteiger partial charge in [-0.25, -0.2) is 0 Å². The van der Waals surface area contributed by atoms with Crippen LogP contribution in [0.4, 0.5) is 5.69 Å². The third-order valence-electron chi connectivity index (χ3n) is 4.00. The summed E-state index contributed by atoms with van der Waals surface area (Å²) in [4.78, 5) is 12.0. The highest BCUT2D eigenvalue weighted by Gasteiger charge is 2.19. The van der Waals surface area contributed by atoms with Gasteiger partial charge in [0, 0.05) is 17.5 Å². The number of aromatic hydroxyl groups is 1. The van der Waals surface area contributed by atoms with E-state index in [4.69, 9.17) is 16.3 Å². The fourth-order valence-corrected chi connectivity index (χ4v) is 2.70. The van der Waals surface area contributed by atoms with Crippen LogP contribution >= 0.6 is 11.6 Å². The minimum absolute atomic E-state index is 0.138. The molecule has 2 rings (SSSR count). The van der Waals surface area contributed by atoms with Crippen molar-refractivity contribution in [1.82, 2.24) is 0 Å². The second kappa shape index (κ2) is 8.26. The van der Waals surface area contributed by atoms with Crippen LogP contribution in [0.15, 0.2) is 30.3 Å². The first kappa shape index (κ1) is 19.1.